The molecular weight excluding hydrogens is 253 g/mol. The van der Waals surface area contributed by atoms with E-state index in [4.69, 9.17) is 0 Å². The molecule has 0 fully saturated rings. The summed E-state index contributed by atoms with van der Waals surface area (Å²) >= 11 is 0. The molecule has 0 aliphatic carbocycles. The van der Waals surface area contributed by atoms with E-state index in [1.807, 2.05) is 16.8 Å². The predicted molar refractivity (Wildman–Crippen MR) is 78.5 cm³/mol. The van der Waals surface area contributed by atoms with Crippen molar-refractivity contribution in [3.63, 3.8) is 0 Å². The molecule has 2 heterocycles. The molecule has 3 nitrogen and oxygen atoms in total. The van der Waals surface area contributed by atoms with E-state index in [2.05, 4.69) is 23.4 Å². The topological polar surface area (TPSA) is 29.9 Å². The number of aromatic nitrogens is 2. The van der Waals surface area contributed by atoms with Gasteiger partial charge in [0.15, 0.2) is 0 Å². The zero-order chi connectivity index (χ0) is 13.9. The highest BCUT2D eigenvalue weighted by molar-refractivity contribution is 5.41. The first-order chi connectivity index (χ1) is 9.79. The van der Waals surface area contributed by atoms with E-state index in [1.54, 1.807) is 6.07 Å². The van der Waals surface area contributed by atoms with E-state index in [1.165, 1.54) is 6.07 Å². The molecule has 0 radical (unpaired) electrons. The Bertz CT molecular complexity index is 591. The van der Waals surface area contributed by atoms with Crippen LogP contribution in [0.3, 0.4) is 0 Å². The Morgan fingerprint density at radius 3 is 3.05 bits per heavy atom. The third-order valence-electron chi connectivity index (χ3n) is 3.86. The van der Waals surface area contributed by atoms with Crippen LogP contribution in [-0.4, -0.2) is 16.3 Å². The van der Waals surface area contributed by atoms with Gasteiger partial charge in [-0.25, -0.2) is 9.07 Å². The van der Waals surface area contributed by atoms with Gasteiger partial charge in [0.05, 0.1) is 11.7 Å². The average molecular weight is 273 g/mol. The van der Waals surface area contributed by atoms with Crippen molar-refractivity contribution < 1.29 is 4.39 Å². The van der Waals surface area contributed by atoms with Crippen LogP contribution < -0.4 is 5.32 Å². The molecule has 0 spiro atoms. The number of rotatable bonds is 4. The van der Waals surface area contributed by atoms with Gasteiger partial charge in [-0.2, -0.15) is 5.10 Å². The number of hydrogen-bond acceptors (Lipinski definition) is 2. The minimum Gasteiger partial charge on any atom is -0.370 e. The van der Waals surface area contributed by atoms with Crippen molar-refractivity contribution in [1.82, 2.24) is 9.78 Å². The third-order valence-corrected chi connectivity index (χ3v) is 3.86. The fourth-order valence-electron chi connectivity index (χ4n) is 2.79. The van der Waals surface area contributed by atoms with Crippen molar-refractivity contribution in [3.8, 4) is 0 Å². The van der Waals surface area contributed by atoms with Gasteiger partial charge in [0, 0.05) is 18.2 Å². The van der Waals surface area contributed by atoms with Crippen molar-refractivity contribution in [3.05, 3.63) is 47.4 Å². The maximum Gasteiger partial charge on any atom is 0.128 e. The molecule has 3 rings (SSSR count). The summed E-state index contributed by atoms with van der Waals surface area (Å²) in [7, 11) is 0. The molecule has 0 amide bonds. The van der Waals surface area contributed by atoms with E-state index in [0.29, 0.717) is 0 Å². The second-order valence-corrected chi connectivity index (χ2v) is 5.32. The normalized spacial score (nSPS) is 17.6. The van der Waals surface area contributed by atoms with Gasteiger partial charge in [-0.05, 0) is 25.3 Å². The molecule has 4 heteroatoms. The lowest BCUT2D eigenvalue weighted by molar-refractivity contribution is 0.455. The molecule has 1 aliphatic heterocycles. The molecule has 1 aliphatic rings. The van der Waals surface area contributed by atoms with E-state index in [-0.39, 0.29) is 11.9 Å². The molecule has 106 valence electrons. The number of fused-ring (bicyclic) bond motifs is 1. The van der Waals surface area contributed by atoms with Crippen molar-refractivity contribution >= 4 is 5.82 Å². The summed E-state index contributed by atoms with van der Waals surface area (Å²) in [6.07, 6.45) is 4.15. The van der Waals surface area contributed by atoms with Crippen molar-refractivity contribution in [1.29, 1.82) is 0 Å². The quantitative estimate of drug-likeness (QED) is 0.919. The molecule has 2 aromatic rings. The first kappa shape index (κ1) is 13.2. The van der Waals surface area contributed by atoms with Crippen LogP contribution >= 0.6 is 0 Å². The monoisotopic (exact) mass is 273 g/mol. The van der Waals surface area contributed by atoms with Gasteiger partial charge in [0.25, 0.3) is 0 Å². The van der Waals surface area contributed by atoms with Gasteiger partial charge in [-0.1, -0.05) is 31.5 Å². The summed E-state index contributed by atoms with van der Waals surface area (Å²) in [4.78, 5) is 0. The zero-order valence-corrected chi connectivity index (χ0v) is 11.8. The smallest absolute Gasteiger partial charge is 0.128 e. The molecular formula is C16H20FN3. The van der Waals surface area contributed by atoms with Crippen LogP contribution in [0.5, 0.6) is 0 Å². The van der Waals surface area contributed by atoms with Crippen molar-refractivity contribution in [2.75, 3.05) is 11.9 Å². The summed E-state index contributed by atoms with van der Waals surface area (Å²) in [6.45, 7) is 3.04. The van der Waals surface area contributed by atoms with E-state index < -0.39 is 0 Å². The zero-order valence-electron chi connectivity index (χ0n) is 11.8. The fraction of sp³-hybridized carbons (Fsp3) is 0.438. The lowest BCUT2D eigenvalue weighted by Crippen LogP contribution is -2.25. The van der Waals surface area contributed by atoms with E-state index in [0.717, 1.165) is 49.3 Å². The van der Waals surface area contributed by atoms with Gasteiger partial charge < -0.3 is 5.32 Å². The number of anilines is 1. The molecule has 1 N–H and O–H groups in total. The van der Waals surface area contributed by atoms with E-state index in [9.17, 15) is 4.39 Å². The molecule has 0 saturated carbocycles. The van der Waals surface area contributed by atoms with Gasteiger partial charge in [0.2, 0.25) is 0 Å². The molecule has 1 unspecified atom stereocenters. The Morgan fingerprint density at radius 2 is 2.25 bits per heavy atom. The number of nitrogens with one attached hydrogen (secondary N) is 1. The van der Waals surface area contributed by atoms with Gasteiger partial charge in [-0.3, -0.25) is 0 Å². The number of halogens is 1. The van der Waals surface area contributed by atoms with E-state index >= 15 is 0 Å². The number of unbranched alkanes of at least 4 members (excludes halogenated alkanes) is 1. The fourth-order valence-corrected chi connectivity index (χ4v) is 2.79. The third kappa shape index (κ3) is 2.42. The molecule has 0 saturated heterocycles. The SMILES string of the molecule is CCCCc1cc2n(n1)C(c1ccccc1F)CCN2. The highest BCUT2D eigenvalue weighted by Gasteiger charge is 2.24. The Morgan fingerprint density at radius 1 is 1.40 bits per heavy atom. The number of aryl methyl sites for hydroxylation is 1. The lowest BCUT2D eigenvalue weighted by Gasteiger charge is -2.26. The maximum atomic E-state index is 14.0. The Kier molecular flexibility index (Phi) is 3.72. The molecule has 20 heavy (non-hydrogen) atoms. The van der Waals surface area contributed by atoms with Crippen molar-refractivity contribution in [2.45, 2.75) is 38.6 Å². The van der Waals surface area contributed by atoms with Crippen LogP contribution in [0.2, 0.25) is 0 Å². The summed E-state index contributed by atoms with van der Waals surface area (Å²) in [6, 6.07) is 9.12. The van der Waals surface area contributed by atoms with Gasteiger partial charge in [0.1, 0.15) is 11.6 Å². The molecule has 0 bridgehead atoms. The highest BCUT2D eigenvalue weighted by atomic mass is 19.1. The molecule has 1 aromatic heterocycles. The Hall–Kier alpha value is -1.84. The first-order valence-corrected chi connectivity index (χ1v) is 7.36. The van der Waals surface area contributed by atoms with Crippen molar-refractivity contribution in [2.24, 2.45) is 0 Å². The second kappa shape index (κ2) is 5.65. The predicted octanol–water partition coefficient (Wildman–Crippen LogP) is 3.77. The largest absolute Gasteiger partial charge is 0.370 e. The summed E-state index contributed by atoms with van der Waals surface area (Å²) in [5, 5.41) is 8.03. The summed E-state index contributed by atoms with van der Waals surface area (Å²) < 4.78 is 16.0. The second-order valence-electron chi connectivity index (χ2n) is 5.32. The molecule has 1 atom stereocenters. The van der Waals surface area contributed by atoms with Gasteiger partial charge in [-0.15, -0.1) is 0 Å². The van der Waals surface area contributed by atoms with Crippen LogP contribution in [0.25, 0.3) is 0 Å². The van der Waals surface area contributed by atoms with Crippen LogP contribution in [0, 0.1) is 5.82 Å². The number of benzene rings is 1. The summed E-state index contributed by atoms with van der Waals surface area (Å²) in [5.74, 6) is 0.867. The maximum absolute atomic E-state index is 14.0. The number of hydrogen-bond donors (Lipinski definition) is 1. The van der Waals surface area contributed by atoms with Crippen LogP contribution in [-0.2, 0) is 6.42 Å². The first-order valence-electron chi connectivity index (χ1n) is 7.36. The number of nitrogens with zero attached hydrogens (tertiary/aromatic N) is 2. The Labute approximate surface area is 118 Å². The van der Waals surface area contributed by atoms with Crippen LogP contribution in [0.4, 0.5) is 10.2 Å². The van der Waals surface area contributed by atoms with Crippen LogP contribution in [0.1, 0.15) is 43.5 Å². The summed E-state index contributed by atoms with van der Waals surface area (Å²) in [5.41, 5.74) is 1.83. The molecule has 1 aromatic carbocycles. The Balaban J connectivity index is 1.93. The average Bonchev–Trinajstić information content (AvgIpc) is 2.88. The van der Waals surface area contributed by atoms with Gasteiger partial charge >= 0.3 is 0 Å². The minimum atomic E-state index is -0.143. The highest BCUT2D eigenvalue weighted by Crippen LogP contribution is 2.31. The minimum absolute atomic E-state index is 0.00262. The van der Waals surface area contributed by atoms with Crippen LogP contribution in [0.15, 0.2) is 30.3 Å². The standard InChI is InChI=1S/C16H20FN3/c1-2-3-6-12-11-16-18-10-9-15(20(16)19-12)13-7-4-5-8-14(13)17/h4-5,7-8,11,15,18H,2-3,6,9-10H2,1H3. The lowest BCUT2D eigenvalue weighted by atomic mass is 10.0.